The normalized spacial score (nSPS) is 16.6. The number of hydrogen-bond donors (Lipinski definition) is 0. The number of Topliss-reactive ketones (excluding diaryl/α,β-unsaturated/α-hetero) is 1. The maximum absolute atomic E-state index is 12.4. The summed E-state index contributed by atoms with van der Waals surface area (Å²) in [7, 11) is 3.30. The molecule has 0 unspecified atom stereocenters. The topological polar surface area (TPSA) is 55.8 Å². The molecule has 3 aliphatic heterocycles. The SMILES string of the molecule is COc1cc(C)c(/C=C2\C(=O)C3CCN2CC3)c(C)c1.COc1cc(C)c(C=O)c(C)c1. The second-order valence-corrected chi connectivity index (χ2v) is 8.62. The number of benzene rings is 2. The van der Waals surface area contributed by atoms with Gasteiger partial charge >= 0.3 is 0 Å². The Bertz CT molecular complexity index is 1000. The zero-order valence-corrected chi connectivity index (χ0v) is 20.0. The molecule has 5 heteroatoms. The van der Waals surface area contributed by atoms with Crippen LogP contribution in [0.1, 0.15) is 51.0 Å². The van der Waals surface area contributed by atoms with Crippen LogP contribution in [0, 0.1) is 33.6 Å². The Kier molecular flexibility index (Phi) is 7.39. The van der Waals surface area contributed by atoms with Crippen molar-refractivity contribution in [3.63, 3.8) is 0 Å². The Morgan fingerprint density at radius 3 is 1.62 bits per heavy atom. The van der Waals surface area contributed by atoms with Crippen LogP contribution < -0.4 is 9.47 Å². The molecule has 32 heavy (non-hydrogen) atoms. The summed E-state index contributed by atoms with van der Waals surface area (Å²) < 4.78 is 10.4. The summed E-state index contributed by atoms with van der Waals surface area (Å²) in [5.41, 5.74) is 7.06. The number of allylic oxidation sites excluding steroid dienone is 1. The van der Waals surface area contributed by atoms with E-state index in [1.807, 2.05) is 38.1 Å². The smallest absolute Gasteiger partial charge is 0.182 e. The standard InChI is InChI=1S/C17H21NO2.C10H12O2/c1-11-8-14(20-3)9-12(2)15(11)10-16-17(19)13-4-6-18(16)7-5-13;1-7-4-9(12-3)5-8(2)10(7)6-11/h8-10,13H,4-7H2,1-3H3;4-6H,1-3H3/b16-10+;. The summed E-state index contributed by atoms with van der Waals surface area (Å²) in [6.07, 6.45) is 5.01. The average Bonchev–Trinajstić information content (AvgIpc) is 2.78. The third kappa shape index (κ3) is 4.87. The van der Waals surface area contributed by atoms with Crippen LogP contribution in [0.4, 0.5) is 0 Å². The zero-order valence-electron chi connectivity index (χ0n) is 20.0. The number of ether oxygens (including phenoxy) is 2. The number of nitrogens with zero attached hydrogens (tertiary/aromatic N) is 1. The van der Waals surface area contributed by atoms with Gasteiger partial charge in [0.25, 0.3) is 0 Å². The molecule has 5 nitrogen and oxygen atoms in total. The lowest BCUT2D eigenvalue weighted by Crippen LogP contribution is -2.45. The summed E-state index contributed by atoms with van der Waals surface area (Å²) in [5.74, 6) is 2.26. The number of carbonyl (C=O) groups is 2. The minimum absolute atomic E-state index is 0.255. The van der Waals surface area contributed by atoms with Gasteiger partial charge in [-0.25, -0.2) is 0 Å². The zero-order chi connectivity index (χ0) is 23.4. The molecule has 0 saturated carbocycles. The Hall–Kier alpha value is -3.08. The van der Waals surface area contributed by atoms with Crippen molar-refractivity contribution >= 4 is 18.1 Å². The highest BCUT2D eigenvalue weighted by Gasteiger charge is 2.36. The van der Waals surface area contributed by atoms with Crippen molar-refractivity contribution in [3.05, 3.63) is 63.3 Å². The quantitative estimate of drug-likeness (QED) is 0.496. The van der Waals surface area contributed by atoms with E-state index in [-0.39, 0.29) is 5.92 Å². The molecule has 0 aromatic heterocycles. The molecule has 170 valence electrons. The summed E-state index contributed by atoms with van der Waals surface area (Å²) in [5, 5.41) is 0. The maximum Gasteiger partial charge on any atom is 0.182 e. The molecule has 0 radical (unpaired) electrons. The Morgan fingerprint density at radius 2 is 1.25 bits per heavy atom. The molecule has 0 amide bonds. The van der Waals surface area contributed by atoms with Crippen LogP contribution in [-0.2, 0) is 4.79 Å². The van der Waals surface area contributed by atoms with Gasteiger partial charge in [0.1, 0.15) is 11.5 Å². The van der Waals surface area contributed by atoms with Crippen LogP contribution in [0.25, 0.3) is 6.08 Å². The summed E-state index contributed by atoms with van der Waals surface area (Å²) in [4.78, 5) is 25.3. The lowest BCUT2D eigenvalue weighted by atomic mass is 9.84. The van der Waals surface area contributed by atoms with Gasteiger partial charge in [0, 0.05) is 24.6 Å². The van der Waals surface area contributed by atoms with Crippen LogP contribution in [0.2, 0.25) is 0 Å². The van der Waals surface area contributed by atoms with Crippen molar-refractivity contribution in [1.29, 1.82) is 0 Å². The number of carbonyl (C=O) groups excluding carboxylic acids is 2. The number of piperidine rings is 3. The fraction of sp³-hybridized carbons (Fsp3) is 0.407. The number of fused-ring (bicyclic) bond motifs is 3. The fourth-order valence-electron chi connectivity index (χ4n) is 4.57. The number of rotatable bonds is 4. The second-order valence-electron chi connectivity index (χ2n) is 8.62. The van der Waals surface area contributed by atoms with Crippen molar-refractivity contribution in [2.45, 2.75) is 40.5 Å². The number of aryl methyl sites for hydroxylation is 4. The second kappa shape index (κ2) is 10.0. The first-order valence-electron chi connectivity index (χ1n) is 11.1. The van der Waals surface area contributed by atoms with Gasteiger partial charge in [-0.3, -0.25) is 9.59 Å². The maximum atomic E-state index is 12.4. The minimum Gasteiger partial charge on any atom is -0.497 e. The molecule has 3 saturated heterocycles. The predicted octanol–water partition coefficient (Wildman–Crippen LogP) is 5.07. The van der Waals surface area contributed by atoms with E-state index in [1.165, 1.54) is 0 Å². The third-order valence-electron chi connectivity index (χ3n) is 6.46. The molecule has 0 spiro atoms. The number of ketones is 1. The first kappa shape index (κ1) is 23.6. The average molecular weight is 436 g/mol. The highest BCUT2D eigenvalue weighted by atomic mass is 16.5. The molecule has 3 fully saturated rings. The lowest BCUT2D eigenvalue weighted by molar-refractivity contribution is -0.125. The third-order valence-corrected chi connectivity index (χ3v) is 6.46. The van der Waals surface area contributed by atoms with E-state index in [2.05, 4.69) is 24.8 Å². The van der Waals surface area contributed by atoms with Crippen molar-refractivity contribution in [3.8, 4) is 11.5 Å². The van der Waals surface area contributed by atoms with Gasteiger partial charge in [-0.2, -0.15) is 0 Å². The van der Waals surface area contributed by atoms with E-state index < -0.39 is 0 Å². The summed E-state index contributed by atoms with van der Waals surface area (Å²) in [6.45, 7) is 10.00. The Labute approximate surface area is 191 Å². The number of aldehydes is 1. The molecule has 2 aromatic carbocycles. The van der Waals surface area contributed by atoms with Gasteiger partial charge in [-0.1, -0.05) is 0 Å². The first-order valence-corrected chi connectivity index (χ1v) is 11.1. The van der Waals surface area contributed by atoms with Gasteiger partial charge in [0.2, 0.25) is 0 Å². The van der Waals surface area contributed by atoms with Crippen molar-refractivity contribution in [2.24, 2.45) is 5.92 Å². The van der Waals surface area contributed by atoms with Gasteiger partial charge in [-0.15, -0.1) is 0 Å². The monoisotopic (exact) mass is 435 g/mol. The number of hydrogen-bond acceptors (Lipinski definition) is 5. The molecule has 2 aromatic rings. The highest BCUT2D eigenvalue weighted by molar-refractivity contribution is 6.02. The number of methoxy groups -OCH3 is 2. The van der Waals surface area contributed by atoms with Crippen LogP contribution >= 0.6 is 0 Å². The lowest BCUT2D eigenvalue weighted by Gasteiger charge is -2.41. The van der Waals surface area contributed by atoms with Crippen molar-refractivity contribution in [2.75, 3.05) is 27.3 Å². The molecule has 3 heterocycles. The van der Waals surface area contributed by atoms with E-state index in [1.54, 1.807) is 14.2 Å². The Balaban J connectivity index is 0.000000207. The van der Waals surface area contributed by atoms with Crippen molar-refractivity contribution < 1.29 is 19.1 Å². The minimum atomic E-state index is 0.255. The molecule has 5 rings (SSSR count). The molecule has 0 atom stereocenters. The molecule has 3 aliphatic rings. The molecule has 0 N–H and O–H groups in total. The van der Waals surface area contributed by atoms with Crippen LogP contribution in [-0.4, -0.2) is 44.3 Å². The molecular weight excluding hydrogens is 402 g/mol. The highest BCUT2D eigenvalue weighted by Crippen LogP contribution is 2.34. The van der Waals surface area contributed by atoms with Crippen LogP contribution in [0.5, 0.6) is 11.5 Å². The molecule has 2 bridgehead atoms. The predicted molar refractivity (Wildman–Crippen MR) is 128 cm³/mol. The summed E-state index contributed by atoms with van der Waals surface area (Å²) in [6, 6.07) is 7.77. The Morgan fingerprint density at radius 1 is 0.812 bits per heavy atom. The summed E-state index contributed by atoms with van der Waals surface area (Å²) >= 11 is 0. The molecule has 0 aliphatic carbocycles. The first-order chi connectivity index (χ1) is 15.3. The van der Waals surface area contributed by atoms with E-state index in [9.17, 15) is 9.59 Å². The van der Waals surface area contributed by atoms with Crippen LogP contribution in [0.15, 0.2) is 30.0 Å². The van der Waals surface area contributed by atoms with Crippen molar-refractivity contribution in [1.82, 2.24) is 4.90 Å². The largest absolute Gasteiger partial charge is 0.497 e. The fourth-order valence-corrected chi connectivity index (χ4v) is 4.57. The van der Waals surface area contributed by atoms with E-state index in [0.717, 1.165) is 82.8 Å². The van der Waals surface area contributed by atoms with Gasteiger partial charge in [-0.05, 0) is 98.7 Å². The van der Waals surface area contributed by atoms with Gasteiger partial charge < -0.3 is 14.4 Å². The van der Waals surface area contributed by atoms with Gasteiger partial charge in [0.15, 0.2) is 12.1 Å². The van der Waals surface area contributed by atoms with Crippen LogP contribution in [0.3, 0.4) is 0 Å². The van der Waals surface area contributed by atoms with E-state index in [0.29, 0.717) is 5.78 Å². The van der Waals surface area contributed by atoms with E-state index >= 15 is 0 Å². The molecular formula is C27H33NO4. The van der Waals surface area contributed by atoms with E-state index in [4.69, 9.17) is 9.47 Å². The van der Waals surface area contributed by atoms with Gasteiger partial charge in [0.05, 0.1) is 19.9 Å².